The Morgan fingerprint density at radius 2 is 2.22 bits per heavy atom. The maximum absolute atomic E-state index is 10.8. The van der Waals surface area contributed by atoms with Gasteiger partial charge in [0, 0.05) is 19.6 Å². The zero-order valence-corrected chi connectivity index (χ0v) is 9.67. The van der Waals surface area contributed by atoms with E-state index in [0.29, 0.717) is 25.5 Å². The number of nitro groups is 1. The van der Waals surface area contributed by atoms with Crippen LogP contribution < -0.4 is 5.32 Å². The van der Waals surface area contributed by atoms with Gasteiger partial charge in [0.25, 0.3) is 0 Å². The van der Waals surface area contributed by atoms with Crippen molar-refractivity contribution in [1.29, 1.82) is 5.26 Å². The van der Waals surface area contributed by atoms with Gasteiger partial charge >= 0.3 is 5.70 Å². The van der Waals surface area contributed by atoms with Crippen LogP contribution in [-0.2, 0) is 6.54 Å². The standard InChI is InChI=1S/C12H12N4O2/c13-8-11(16(17)18)12-14-6-7-15(12)9-10-4-2-1-3-5-10/h1-5,14H,6-7,9H2/b12-11+. The molecule has 0 unspecified atom stereocenters. The minimum atomic E-state index is -0.647. The highest BCUT2D eigenvalue weighted by molar-refractivity contribution is 5.23. The summed E-state index contributed by atoms with van der Waals surface area (Å²) in [5.41, 5.74) is 0.628. The van der Waals surface area contributed by atoms with Crippen molar-refractivity contribution in [3.63, 3.8) is 0 Å². The number of hydrogen-bond acceptors (Lipinski definition) is 5. The summed E-state index contributed by atoms with van der Waals surface area (Å²) in [5, 5.41) is 22.5. The van der Waals surface area contributed by atoms with Crippen LogP contribution in [0.4, 0.5) is 0 Å². The normalized spacial score (nSPS) is 16.9. The van der Waals surface area contributed by atoms with E-state index in [2.05, 4.69) is 5.32 Å². The van der Waals surface area contributed by atoms with E-state index in [1.807, 2.05) is 35.2 Å². The third kappa shape index (κ3) is 2.40. The van der Waals surface area contributed by atoms with E-state index in [-0.39, 0.29) is 0 Å². The van der Waals surface area contributed by atoms with Gasteiger partial charge < -0.3 is 10.2 Å². The lowest BCUT2D eigenvalue weighted by Gasteiger charge is -2.17. The maximum Gasteiger partial charge on any atom is 0.385 e. The Morgan fingerprint density at radius 1 is 1.50 bits per heavy atom. The van der Waals surface area contributed by atoms with Crippen molar-refractivity contribution >= 4 is 0 Å². The molecule has 1 N–H and O–H groups in total. The molecule has 1 aromatic rings. The fourth-order valence-corrected chi connectivity index (χ4v) is 1.91. The molecule has 92 valence electrons. The summed E-state index contributed by atoms with van der Waals surface area (Å²) in [6.45, 7) is 1.83. The topological polar surface area (TPSA) is 82.2 Å². The molecular formula is C12H12N4O2. The number of nitrogens with zero attached hydrogens (tertiary/aromatic N) is 3. The van der Waals surface area contributed by atoms with Crippen LogP contribution in [0.2, 0.25) is 0 Å². The molecular weight excluding hydrogens is 232 g/mol. The number of hydrogen-bond donors (Lipinski definition) is 1. The summed E-state index contributed by atoms with van der Waals surface area (Å²) in [4.78, 5) is 11.9. The van der Waals surface area contributed by atoms with Crippen molar-refractivity contribution in [2.75, 3.05) is 13.1 Å². The van der Waals surface area contributed by atoms with Crippen LogP contribution in [0.3, 0.4) is 0 Å². The molecule has 1 aromatic carbocycles. The second-order valence-corrected chi connectivity index (χ2v) is 3.90. The monoisotopic (exact) mass is 244 g/mol. The average Bonchev–Trinajstić information content (AvgIpc) is 2.79. The zero-order chi connectivity index (χ0) is 13.0. The molecule has 0 aliphatic carbocycles. The first-order chi connectivity index (χ1) is 8.72. The van der Waals surface area contributed by atoms with E-state index >= 15 is 0 Å². The smallest absolute Gasteiger partial charge is 0.364 e. The van der Waals surface area contributed by atoms with Crippen molar-refractivity contribution in [1.82, 2.24) is 10.2 Å². The molecule has 6 nitrogen and oxygen atoms in total. The first-order valence-electron chi connectivity index (χ1n) is 5.54. The van der Waals surface area contributed by atoms with Crippen LogP contribution in [0.5, 0.6) is 0 Å². The SMILES string of the molecule is N#C/C(=C1/NCCN1Cc1ccccc1)[N+](=O)[O-]. The minimum Gasteiger partial charge on any atom is -0.364 e. The predicted molar refractivity (Wildman–Crippen MR) is 64.5 cm³/mol. The lowest BCUT2D eigenvalue weighted by Crippen LogP contribution is -2.23. The molecule has 0 amide bonds. The van der Waals surface area contributed by atoms with Gasteiger partial charge in [0.15, 0.2) is 11.9 Å². The highest BCUT2D eigenvalue weighted by atomic mass is 16.6. The van der Waals surface area contributed by atoms with E-state index < -0.39 is 10.6 Å². The summed E-state index contributed by atoms with van der Waals surface area (Å²) in [6.07, 6.45) is 0. The van der Waals surface area contributed by atoms with Crippen molar-refractivity contribution in [3.05, 3.63) is 57.5 Å². The lowest BCUT2D eigenvalue weighted by molar-refractivity contribution is -0.419. The van der Waals surface area contributed by atoms with E-state index in [0.717, 1.165) is 5.56 Å². The van der Waals surface area contributed by atoms with E-state index in [1.54, 1.807) is 6.07 Å². The quantitative estimate of drug-likeness (QED) is 0.488. The zero-order valence-electron chi connectivity index (χ0n) is 9.67. The predicted octanol–water partition coefficient (Wildman–Crippen LogP) is 1.06. The van der Waals surface area contributed by atoms with Gasteiger partial charge in [0.2, 0.25) is 0 Å². The third-order valence-corrected chi connectivity index (χ3v) is 2.72. The Kier molecular flexibility index (Phi) is 3.44. The first-order valence-corrected chi connectivity index (χ1v) is 5.54. The molecule has 0 aromatic heterocycles. The fraction of sp³-hybridized carbons (Fsp3) is 0.250. The summed E-state index contributed by atoms with van der Waals surface area (Å²) in [7, 11) is 0. The summed E-state index contributed by atoms with van der Waals surface area (Å²) in [6, 6.07) is 11.3. The van der Waals surface area contributed by atoms with E-state index in [4.69, 9.17) is 5.26 Å². The molecule has 1 aliphatic rings. The number of nitriles is 1. The molecule has 1 heterocycles. The van der Waals surface area contributed by atoms with Gasteiger partial charge in [-0.25, -0.2) is 0 Å². The van der Waals surface area contributed by atoms with Gasteiger partial charge in [-0.15, -0.1) is 0 Å². The molecule has 0 radical (unpaired) electrons. The summed E-state index contributed by atoms with van der Waals surface area (Å²) < 4.78 is 0. The van der Waals surface area contributed by atoms with Crippen LogP contribution >= 0.6 is 0 Å². The van der Waals surface area contributed by atoms with Gasteiger partial charge in [0.1, 0.15) is 0 Å². The minimum absolute atomic E-state index is 0.311. The molecule has 1 aliphatic heterocycles. The Labute approximate surface area is 104 Å². The van der Waals surface area contributed by atoms with Gasteiger partial charge in [-0.3, -0.25) is 10.1 Å². The summed E-state index contributed by atoms with van der Waals surface area (Å²) in [5.74, 6) is 0.311. The van der Waals surface area contributed by atoms with Gasteiger partial charge in [0.05, 0.1) is 4.92 Å². The van der Waals surface area contributed by atoms with Crippen LogP contribution in [0.15, 0.2) is 41.8 Å². The number of allylic oxidation sites excluding steroid dienone is 1. The number of rotatable bonds is 3. The Bertz CT molecular complexity index is 519. The Hall–Kier alpha value is -2.55. The summed E-state index contributed by atoms with van der Waals surface area (Å²) >= 11 is 0. The molecule has 1 saturated heterocycles. The molecule has 6 heteroatoms. The highest BCUT2D eigenvalue weighted by Crippen LogP contribution is 2.16. The van der Waals surface area contributed by atoms with Crippen molar-refractivity contribution < 1.29 is 4.92 Å². The maximum atomic E-state index is 10.8. The second-order valence-electron chi connectivity index (χ2n) is 3.90. The molecule has 0 atom stereocenters. The van der Waals surface area contributed by atoms with Gasteiger partial charge in [-0.05, 0) is 5.56 Å². The molecule has 0 bridgehead atoms. The molecule has 2 rings (SSSR count). The number of benzene rings is 1. The van der Waals surface area contributed by atoms with Crippen LogP contribution in [-0.4, -0.2) is 22.9 Å². The molecule has 18 heavy (non-hydrogen) atoms. The van der Waals surface area contributed by atoms with Crippen LogP contribution in [0.25, 0.3) is 0 Å². The van der Waals surface area contributed by atoms with Crippen molar-refractivity contribution in [2.45, 2.75) is 6.54 Å². The highest BCUT2D eigenvalue weighted by Gasteiger charge is 2.27. The number of nitrogens with one attached hydrogen (secondary N) is 1. The van der Waals surface area contributed by atoms with E-state index in [9.17, 15) is 10.1 Å². The molecule has 0 spiro atoms. The van der Waals surface area contributed by atoms with Crippen LogP contribution in [0, 0.1) is 21.4 Å². The fourth-order valence-electron chi connectivity index (χ4n) is 1.91. The molecule has 1 fully saturated rings. The first kappa shape index (κ1) is 11.9. The third-order valence-electron chi connectivity index (χ3n) is 2.72. The second kappa shape index (κ2) is 5.19. The van der Waals surface area contributed by atoms with Crippen molar-refractivity contribution in [2.24, 2.45) is 0 Å². The average molecular weight is 244 g/mol. The van der Waals surface area contributed by atoms with Crippen molar-refractivity contribution in [3.8, 4) is 6.07 Å². The molecule has 0 saturated carbocycles. The Morgan fingerprint density at radius 3 is 2.83 bits per heavy atom. The Balaban J connectivity index is 2.24. The lowest BCUT2D eigenvalue weighted by atomic mass is 10.2. The van der Waals surface area contributed by atoms with Crippen LogP contribution in [0.1, 0.15) is 5.56 Å². The largest absolute Gasteiger partial charge is 0.385 e. The van der Waals surface area contributed by atoms with Gasteiger partial charge in [-0.1, -0.05) is 30.3 Å². The van der Waals surface area contributed by atoms with E-state index in [1.165, 1.54) is 0 Å². The van der Waals surface area contributed by atoms with Gasteiger partial charge in [-0.2, -0.15) is 5.26 Å².